The van der Waals surface area contributed by atoms with E-state index in [1.54, 1.807) is 12.4 Å². The van der Waals surface area contributed by atoms with Crippen molar-refractivity contribution in [2.45, 2.75) is 6.17 Å². The third-order valence-electron chi connectivity index (χ3n) is 3.91. The van der Waals surface area contributed by atoms with Crippen molar-refractivity contribution in [3.8, 4) is 11.5 Å². The van der Waals surface area contributed by atoms with Crippen molar-refractivity contribution in [1.82, 2.24) is 19.6 Å². The number of para-hydroxylation sites is 1. The lowest BCUT2D eigenvalue weighted by atomic mass is 10.2. The quantitative estimate of drug-likeness (QED) is 0.513. The maximum Gasteiger partial charge on any atom is 0.162 e. The maximum absolute atomic E-state index is 5.82. The highest BCUT2D eigenvalue weighted by Crippen LogP contribution is 2.22. The van der Waals surface area contributed by atoms with Crippen molar-refractivity contribution in [3.63, 3.8) is 0 Å². The SMILES string of the molecule is C(=C\C(n1cccn1)n1cccn1)/c1ccc(Oc2ccccc2)cc1. The Kier molecular flexibility index (Phi) is 4.60. The van der Waals surface area contributed by atoms with Gasteiger partial charge in [-0.25, -0.2) is 9.36 Å². The van der Waals surface area contributed by atoms with E-state index in [2.05, 4.69) is 22.3 Å². The van der Waals surface area contributed by atoms with E-state index in [0.717, 1.165) is 17.1 Å². The molecule has 0 amide bonds. The van der Waals surface area contributed by atoms with Gasteiger partial charge in [-0.05, 0) is 48.0 Å². The Hall–Kier alpha value is -3.60. The molecule has 2 aromatic heterocycles. The fraction of sp³-hybridized carbons (Fsp3) is 0.0476. The van der Waals surface area contributed by atoms with E-state index in [1.807, 2.05) is 88.5 Å². The Labute approximate surface area is 151 Å². The van der Waals surface area contributed by atoms with E-state index in [1.165, 1.54) is 0 Å². The van der Waals surface area contributed by atoms with E-state index in [4.69, 9.17) is 4.74 Å². The molecule has 0 unspecified atom stereocenters. The predicted octanol–water partition coefficient (Wildman–Crippen LogP) is 4.63. The van der Waals surface area contributed by atoms with Crippen molar-refractivity contribution in [2.24, 2.45) is 0 Å². The minimum absolute atomic E-state index is 0.111. The second kappa shape index (κ2) is 7.53. The van der Waals surface area contributed by atoms with Gasteiger partial charge in [-0.2, -0.15) is 10.2 Å². The van der Waals surface area contributed by atoms with Crippen LogP contribution < -0.4 is 4.74 Å². The predicted molar refractivity (Wildman–Crippen MR) is 101 cm³/mol. The van der Waals surface area contributed by atoms with Crippen molar-refractivity contribution < 1.29 is 4.74 Å². The van der Waals surface area contributed by atoms with E-state index < -0.39 is 0 Å². The summed E-state index contributed by atoms with van der Waals surface area (Å²) in [5, 5.41) is 8.66. The van der Waals surface area contributed by atoms with Gasteiger partial charge in [0, 0.05) is 24.8 Å². The van der Waals surface area contributed by atoms with Crippen LogP contribution in [0.1, 0.15) is 11.7 Å². The van der Waals surface area contributed by atoms with Gasteiger partial charge in [0.25, 0.3) is 0 Å². The van der Waals surface area contributed by atoms with E-state index >= 15 is 0 Å². The van der Waals surface area contributed by atoms with Crippen LogP contribution in [0, 0.1) is 0 Å². The third kappa shape index (κ3) is 3.72. The van der Waals surface area contributed by atoms with Gasteiger partial charge in [0.15, 0.2) is 6.17 Å². The van der Waals surface area contributed by atoms with Gasteiger partial charge in [0.1, 0.15) is 11.5 Å². The highest BCUT2D eigenvalue weighted by Gasteiger charge is 2.09. The minimum atomic E-state index is -0.111. The monoisotopic (exact) mass is 342 g/mol. The topological polar surface area (TPSA) is 44.9 Å². The lowest BCUT2D eigenvalue weighted by Crippen LogP contribution is -2.16. The molecule has 0 spiro atoms. The van der Waals surface area contributed by atoms with Crippen LogP contribution in [0.25, 0.3) is 6.08 Å². The molecule has 26 heavy (non-hydrogen) atoms. The minimum Gasteiger partial charge on any atom is -0.457 e. The van der Waals surface area contributed by atoms with Crippen LogP contribution in [-0.4, -0.2) is 19.6 Å². The summed E-state index contributed by atoms with van der Waals surface area (Å²) in [5.41, 5.74) is 1.08. The average molecular weight is 342 g/mol. The Balaban J connectivity index is 1.50. The summed E-state index contributed by atoms with van der Waals surface area (Å²) < 4.78 is 9.54. The summed E-state index contributed by atoms with van der Waals surface area (Å²) in [4.78, 5) is 0. The normalized spacial score (nSPS) is 11.3. The fourth-order valence-corrected chi connectivity index (χ4v) is 2.64. The second-order valence-corrected chi connectivity index (χ2v) is 5.73. The number of hydrogen-bond acceptors (Lipinski definition) is 3. The lowest BCUT2D eigenvalue weighted by Gasteiger charge is -2.14. The number of allylic oxidation sites excluding steroid dienone is 1. The molecule has 0 N–H and O–H groups in total. The largest absolute Gasteiger partial charge is 0.457 e. The molecule has 2 aromatic carbocycles. The molecule has 0 atom stereocenters. The van der Waals surface area contributed by atoms with Crippen molar-refractivity contribution >= 4 is 6.08 Å². The zero-order valence-corrected chi connectivity index (χ0v) is 14.1. The second-order valence-electron chi connectivity index (χ2n) is 5.73. The molecule has 0 aliphatic heterocycles. The van der Waals surface area contributed by atoms with Crippen LogP contribution in [0.4, 0.5) is 0 Å². The smallest absolute Gasteiger partial charge is 0.162 e. The molecule has 5 heteroatoms. The summed E-state index contributed by atoms with van der Waals surface area (Å²) in [6, 6.07) is 21.5. The highest BCUT2D eigenvalue weighted by molar-refractivity contribution is 5.51. The van der Waals surface area contributed by atoms with E-state index in [0.29, 0.717) is 0 Å². The molecule has 0 aliphatic carbocycles. The van der Waals surface area contributed by atoms with Gasteiger partial charge >= 0.3 is 0 Å². The van der Waals surface area contributed by atoms with Crippen molar-refractivity contribution in [2.75, 3.05) is 0 Å². The molecule has 0 bridgehead atoms. The van der Waals surface area contributed by atoms with Gasteiger partial charge < -0.3 is 4.74 Å². The number of rotatable bonds is 6. The van der Waals surface area contributed by atoms with Crippen LogP contribution in [0.15, 0.2) is 97.6 Å². The van der Waals surface area contributed by atoms with Crippen LogP contribution >= 0.6 is 0 Å². The summed E-state index contributed by atoms with van der Waals surface area (Å²) in [6.45, 7) is 0. The van der Waals surface area contributed by atoms with Crippen molar-refractivity contribution in [3.05, 3.63) is 103 Å². The molecule has 5 nitrogen and oxygen atoms in total. The van der Waals surface area contributed by atoms with Gasteiger partial charge in [-0.1, -0.05) is 36.4 Å². The lowest BCUT2D eigenvalue weighted by molar-refractivity contribution is 0.433. The summed E-state index contributed by atoms with van der Waals surface area (Å²) >= 11 is 0. The Morgan fingerprint density at radius 2 is 1.35 bits per heavy atom. The van der Waals surface area contributed by atoms with E-state index in [9.17, 15) is 0 Å². The Morgan fingerprint density at radius 1 is 0.731 bits per heavy atom. The number of nitrogens with zero attached hydrogens (tertiary/aromatic N) is 4. The summed E-state index contributed by atoms with van der Waals surface area (Å²) in [7, 11) is 0. The zero-order valence-electron chi connectivity index (χ0n) is 14.1. The number of benzene rings is 2. The first-order valence-electron chi connectivity index (χ1n) is 8.38. The standard InChI is InChI=1S/C21H18N4O/c1-2-6-19(7-3-1)26-20-11-8-18(9-12-20)10-13-21(24-16-4-14-22-24)25-17-5-15-23-25/h1-17,21H/b13-10+. The van der Waals surface area contributed by atoms with Gasteiger partial charge in [0.05, 0.1) is 0 Å². The fourth-order valence-electron chi connectivity index (χ4n) is 2.64. The third-order valence-corrected chi connectivity index (χ3v) is 3.91. The molecular formula is C21H18N4O. The number of ether oxygens (including phenoxy) is 1. The Bertz CT molecular complexity index is 909. The molecule has 0 aliphatic rings. The van der Waals surface area contributed by atoms with Crippen LogP contribution in [-0.2, 0) is 0 Å². The molecule has 0 radical (unpaired) electrons. The highest BCUT2D eigenvalue weighted by atomic mass is 16.5. The van der Waals surface area contributed by atoms with Gasteiger partial charge in [-0.3, -0.25) is 0 Å². The molecule has 0 saturated heterocycles. The first-order valence-corrected chi connectivity index (χ1v) is 8.38. The molecule has 0 fully saturated rings. The number of hydrogen-bond donors (Lipinski definition) is 0. The first kappa shape index (κ1) is 15.9. The van der Waals surface area contributed by atoms with Crippen LogP contribution in [0.3, 0.4) is 0 Å². The molecule has 0 saturated carbocycles. The Morgan fingerprint density at radius 3 is 1.92 bits per heavy atom. The van der Waals surface area contributed by atoms with Gasteiger partial charge in [0.2, 0.25) is 0 Å². The average Bonchev–Trinajstić information content (AvgIpc) is 3.39. The first-order chi connectivity index (χ1) is 12.9. The summed E-state index contributed by atoms with van der Waals surface area (Å²) in [5.74, 6) is 1.64. The molecule has 4 aromatic rings. The van der Waals surface area contributed by atoms with Crippen LogP contribution in [0.5, 0.6) is 11.5 Å². The molecule has 128 valence electrons. The van der Waals surface area contributed by atoms with E-state index in [-0.39, 0.29) is 6.17 Å². The maximum atomic E-state index is 5.82. The van der Waals surface area contributed by atoms with Crippen LogP contribution in [0.2, 0.25) is 0 Å². The van der Waals surface area contributed by atoms with Crippen molar-refractivity contribution in [1.29, 1.82) is 0 Å². The number of aromatic nitrogens is 4. The summed E-state index contributed by atoms with van der Waals surface area (Å²) in [6.07, 6.45) is 11.4. The zero-order chi connectivity index (χ0) is 17.6. The van der Waals surface area contributed by atoms with Gasteiger partial charge in [-0.15, -0.1) is 0 Å². The molecule has 4 rings (SSSR count). The molecular weight excluding hydrogens is 324 g/mol. The molecule has 2 heterocycles.